The molecule has 0 aliphatic rings. The average Bonchev–Trinajstić information content (AvgIpc) is 0.869. The van der Waals surface area contributed by atoms with Crippen LogP contribution < -0.4 is 78.5 Å². The van der Waals surface area contributed by atoms with Crippen molar-refractivity contribution in [3.8, 4) is 69.0 Å². The van der Waals surface area contributed by atoms with E-state index < -0.39 is 23.6 Å². The minimum absolute atomic E-state index is 0.236. The summed E-state index contributed by atoms with van der Waals surface area (Å²) in [5.41, 5.74) is 11.8. The molecule has 4 aromatic rings. The first-order chi connectivity index (χ1) is 63.9. The van der Waals surface area contributed by atoms with E-state index in [2.05, 4.69) is 63.2 Å². The Morgan fingerprint density at radius 2 is 0.269 bits per heavy atom. The summed E-state index contributed by atoms with van der Waals surface area (Å²) in [5, 5.41) is 0. The van der Waals surface area contributed by atoms with E-state index in [1.165, 1.54) is 205 Å². The second kappa shape index (κ2) is 79.9. The maximum absolute atomic E-state index is 14.4. The second-order valence-corrected chi connectivity index (χ2v) is 35.9. The van der Waals surface area contributed by atoms with Gasteiger partial charge in [0, 0.05) is 22.3 Å². The van der Waals surface area contributed by atoms with Crippen molar-refractivity contribution in [2.24, 2.45) is 0 Å². The number of carbonyl (C=O) groups excluding carboxylic acids is 4. The molecule has 4 rings (SSSR count). The van der Waals surface area contributed by atoms with Crippen LogP contribution in [-0.2, 0) is 0 Å². The number of benzene rings is 4. The predicted octanol–water partition coefficient (Wildman–Crippen LogP) is 30.7. The zero-order chi connectivity index (χ0) is 93.4. The molecule has 20 heteroatoms. The first kappa shape index (κ1) is 115. The van der Waals surface area contributed by atoms with Gasteiger partial charge in [-0.2, -0.15) is 0 Å². The van der Waals surface area contributed by atoms with Gasteiger partial charge in [0.2, 0.25) is 23.0 Å². The van der Waals surface area contributed by atoms with E-state index in [4.69, 9.17) is 56.8 Å². The SMILES string of the molecule is CCCCCCCCCCOc1cc(C(=O)NNC(=O)c2cc(OCCC)c(OCCC)c(OCCCCCCCCCCOc3cc(C(=O)NNC(=O)c4cc(OCCCCCCCCCC)c(OCCCCCCCCCC)c(OCCCCCCCCCC)c4)cc(OCCC)c3OCCC)c2)cc(OCCCCCCCCCC)c1OCCCCCCCCCC. The van der Waals surface area contributed by atoms with Crippen molar-refractivity contribution >= 4 is 23.6 Å². The third-order valence-electron chi connectivity index (χ3n) is 23.6. The van der Waals surface area contributed by atoms with Crippen LogP contribution in [0.3, 0.4) is 0 Å². The van der Waals surface area contributed by atoms with Gasteiger partial charge in [-0.25, -0.2) is 0 Å². The van der Waals surface area contributed by atoms with Crippen molar-refractivity contribution in [1.29, 1.82) is 0 Å². The third kappa shape index (κ3) is 53.3. The Morgan fingerprint density at radius 3 is 0.415 bits per heavy atom. The molecule has 0 atom stereocenters. The van der Waals surface area contributed by atoms with Gasteiger partial charge in [-0.1, -0.05) is 377 Å². The molecule has 0 heterocycles. The van der Waals surface area contributed by atoms with Crippen molar-refractivity contribution in [3.63, 3.8) is 0 Å². The van der Waals surface area contributed by atoms with Gasteiger partial charge in [0.15, 0.2) is 46.0 Å². The highest BCUT2D eigenvalue weighted by atomic mass is 16.6. The lowest BCUT2D eigenvalue weighted by Gasteiger charge is -2.19. The molecule has 0 aromatic heterocycles. The van der Waals surface area contributed by atoms with Crippen LogP contribution in [0.5, 0.6) is 69.0 Å². The summed E-state index contributed by atoms with van der Waals surface area (Å²) in [4.78, 5) is 57.5. The Hall–Kier alpha value is -7.64. The van der Waals surface area contributed by atoms with Crippen LogP contribution in [0.1, 0.15) is 496 Å². The fourth-order valence-corrected chi connectivity index (χ4v) is 15.7. The van der Waals surface area contributed by atoms with Gasteiger partial charge in [0.25, 0.3) is 23.6 Å². The number of amides is 4. The highest BCUT2D eigenvalue weighted by molar-refractivity contribution is 6.01. The van der Waals surface area contributed by atoms with Gasteiger partial charge in [0.05, 0.1) is 79.3 Å². The monoisotopic (exact) mass is 1820 g/mol. The van der Waals surface area contributed by atoms with E-state index in [1.807, 2.05) is 27.7 Å². The lowest BCUT2D eigenvalue weighted by atomic mass is 10.1. The Morgan fingerprint density at radius 1 is 0.154 bits per heavy atom. The number of hydrogen-bond donors (Lipinski definition) is 4. The predicted molar refractivity (Wildman–Crippen MR) is 535 cm³/mol. The summed E-state index contributed by atoms with van der Waals surface area (Å²) in [7, 11) is 0. The van der Waals surface area contributed by atoms with Crippen LogP contribution in [-0.4, -0.2) is 103 Å². The van der Waals surface area contributed by atoms with Gasteiger partial charge < -0.3 is 56.8 Å². The van der Waals surface area contributed by atoms with E-state index >= 15 is 0 Å². The molecule has 4 N–H and O–H groups in total. The fraction of sp³-hybridized carbons (Fsp3) is 0.745. The molecule has 0 aliphatic heterocycles. The molecule has 0 radical (unpaired) electrons. The summed E-state index contributed by atoms with van der Waals surface area (Å²) < 4.78 is 77.7. The van der Waals surface area contributed by atoms with Crippen molar-refractivity contribution < 1.29 is 76.0 Å². The Labute approximate surface area is 790 Å². The zero-order valence-electron chi connectivity index (χ0n) is 84.1. The molecule has 0 saturated carbocycles. The standard InChI is InChI=1S/C110H186N4O16/c1-11-21-27-33-39-47-55-63-77-123-99-87-93(88-100(124-78-64-56-48-40-34-28-22-12-2)105(99)129-81-69-61-51-43-37-31-25-15-5)109(117)113-111-107(115)91-83-95(119-71-17-7)103(127-73-19-9)97(85-91)121-75-67-59-53-45-46-54-60-68-76-122-98-86-92(84-96(120-72-18-8)104(98)128-74-20-10)108(116)112-114-110(118)94-89-101(125-79-65-57-49-41-35-29-23-13-3)106(130-82-70-62-52-44-38-32-26-16-6)102(90-94)126-80-66-58-50-42-36-30-24-14-4/h83-90H,11-82H2,1-10H3,(H,111,115)(H,112,116)(H,113,117)(H,114,118). The van der Waals surface area contributed by atoms with E-state index in [9.17, 15) is 19.2 Å². The van der Waals surface area contributed by atoms with Crippen LogP contribution in [0.4, 0.5) is 0 Å². The van der Waals surface area contributed by atoms with Gasteiger partial charge in [-0.3, -0.25) is 40.9 Å². The highest BCUT2D eigenvalue weighted by Gasteiger charge is 2.26. The normalized spacial score (nSPS) is 11.2. The van der Waals surface area contributed by atoms with Crippen molar-refractivity contribution in [3.05, 3.63) is 70.8 Å². The summed E-state index contributed by atoms with van der Waals surface area (Å²) in [6.45, 7) is 26.9. The van der Waals surface area contributed by atoms with Gasteiger partial charge in [0.1, 0.15) is 0 Å². The van der Waals surface area contributed by atoms with Crippen LogP contribution in [0.15, 0.2) is 48.5 Å². The van der Waals surface area contributed by atoms with Crippen LogP contribution in [0.2, 0.25) is 0 Å². The number of rotatable bonds is 89. The maximum Gasteiger partial charge on any atom is 0.269 e. The van der Waals surface area contributed by atoms with E-state index in [0.29, 0.717) is 148 Å². The first-order valence-corrected chi connectivity index (χ1v) is 53.4. The summed E-state index contributed by atoms with van der Waals surface area (Å²) in [6, 6.07) is 13.5. The molecular weight excluding hydrogens is 1630 g/mol. The van der Waals surface area contributed by atoms with Gasteiger partial charge >= 0.3 is 0 Å². The molecule has 0 aliphatic carbocycles. The summed E-state index contributed by atoms with van der Waals surface area (Å²) in [6.07, 6.45) is 66.7. The second-order valence-electron chi connectivity index (χ2n) is 35.9. The number of hydrazine groups is 2. The van der Waals surface area contributed by atoms with E-state index in [0.717, 1.165) is 180 Å². The van der Waals surface area contributed by atoms with Gasteiger partial charge in [-0.15, -0.1) is 0 Å². The first-order valence-electron chi connectivity index (χ1n) is 53.4. The van der Waals surface area contributed by atoms with Crippen molar-refractivity contribution in [2.45, 2.75) is 454 Å². The van der Waals surface area contributed by atoms with Crippen molar-refractivity contribution in [2.75, 3.05) is 79.3 Å². The number of nitrogens with one attached hydrogen (secondary N) is 4. The molecule has 0 spiro atoms. The summed E-state index contributed by atoms with van der Waals surface area (Å²) >= 11 is 0. The number of carbonyl (C=O) groups is 4. The largest absolute Gasteiger partial charge is 0.490 e. The molecule has 0 bridgehead atoms. The Kier molecular flexibility index (Phi) is 70.5. The maximum atomic E-state index is 14.4. The molecule has 4 aromatic carbocycles. The topological polar surface area (TPSA) is 227 Å². The number of hydrogen-bond acceptors (Lipinski definition) is 16. The fourth-order valence-electron chi connectivity index (χ4n) is 15.7. The summed E-state index contributed by atoms with van der Waals surface area (Å²) in [5.74, 6) is 3.21. The zero-order valence-corrected chi connectivity index (χ0v) is 84.1. The van der Waals surface area contributed by atoms with E-state index in [1.54, 1.807) is 48.5 Å². The quantitative estimate of drug-likeness (QED) is 0.0238. The Bertz CT molecular complexity index is 3170. The minimum atomic E-state index is -0.549. The smallest absolute Gasteiger partial charge is 0.269 e. The molecule has 4 amide bonds. The van der Waals surface area contributed by atoms with Gasteiger partial charge in [-0.05, 0) is 126 Å². The molecular formula is C110H186N4O16. The number of ether oxygens (including phenoxy) is 12. The molecule has 130 heavy (non-hydrogen) atoms. The van der Waals surface area contributed by atoms with Crippen LogP contribution >= 0.6 is 0 Å². The lowest BCUT2D eigenvalue weighted by molar-refractivity contribution is 0.0845. The van der Waals surface area contributed by atoms with Crippen LogP contribution in [0, 0.1) is 0 Å². The average molecular weight is 1820 g/mol. The molecule has 20 nitrogen and oxygen atoms in total. The van der Waals surface area contributed by atoms with Crippen LogP contribution in [0.25, 0.3) is 0 Å². The Balaban J connectivity index is 1.44. The highest BCUT2D eigenvalue weighted by Crippen LogP contribution is 2.44. The number of unbranched alkanes of at least 4 members (excludes halogenated alkanes) is 49. The molecule has 0 unspecified atom stereocenters. The minimum Gasteiger partial charge on any atom is -0.490 e. The van der Waals surface area contributed by atoms with Crippen molar-refractivity contribution in [1.82, 2.24) is 21.7 Å². The molecule has 0 saturated heterocycles. The molecule has 742 valence electrons. The lowest BCUT2D eigenvalue weighted by Crippen LogP contribution is -2.41. The third-order valence-corrected chi connectivity index (χ3v) is 23.6. The molecule has 0 fully saturated rings. The van der Waals surface area contributed by atoms with E-state index in [-0.39, 0.29) is 22.3 Å².